The Morgan fingerprint density at radius 1 is 1.40 bits per heavy atom. The summed E-state index contributed by atoms with van der Waals surface area (Å²) in [6, 6.07) is 0. The summed E-state index contributed by atoms with van der Waals surface area (Å²) in [5, 5.41) is 0. The molecule has 0 saturated heterocycles. The van der Waals surface area contributed by atoms with E-state index in [1.165, 1.54) is 25.7 Å². The predicted molar refractivity (Wildman–Crippen MR) is 62.7 cm³/mol. The average molecular weight is 211 g/mol. The van der Waals surface area contributed by atoms with Crippen LogP contribution in [-0.4, -0.2) is 18.2 Å². The lowest BCUT2D eigenvalue weighted by atomic mass is 9.77. The number of rotatable bonds is 4. The van der Waals surface area contributed by atoms with Gasteiger partial charge in [0.25, 0.3) is 0 Å². The minimum absolute atomic E-state index is 0.00575. The molecule has 2 fully saturated rings. The standard InChI is InChI=1S/C13H25NO/c1-12(2,15-3)6-7-13(14)9-10-4-5-11(13)8-10/h10-11H,4-9,14H2,1-3H3. The molecular weight excluding hydrogens is 186 g/mol. The van der Waals surface area contributed by atoms with Gasteiger partial charge >= 0.3 is 0 Å². The zero-order valence-electron chi connectivity index (χ0n) is 10.4. The van der Waals surface area contributed by atoms with E-state index in [1.54, 1.807) is 7.11 Å². The Labute approximate surface area is 93.6 Å². The Bertz CT molecular complexity index is 239. The first kappa shape index (κ1) is 11.4. The maximum Gasteiger partial charge on any atom is 0.0623 e. The van der Waals surface area contributed by atoms with Crippen molar-refractivity contribution in [3.63, 3.8) is 0 Å². The van der Waals surface area contributed by atoms with Gasteiger partial charge in [0.15, 0.2) is 0 Å². The third-order valence-electron chi connectivity index (χ3n) is 4.77. The summed E-state index contributed by atoms with van der Waals surface area (Å²) in [5.41, 5.74) is 6.68. The molecule has 3 unspecified atom stereocenters. The Hall–Kier alpha value is -0.0800. The molecule has 2 nitrogen and oxygen atoms in total. The zero-order chi connectivity index (χ0) is 11.1. The van der Waals surface area contributed by atoms with Crippen LogP contribution in [0.3, 0.4) is 0 Å². The normalized spacial score (nSPS) is 40.0. The highest BCUT2D eigenvalue weighted by molar-refractivity contribution is 5.04. The average Bonchev–Trinajstić information content (AvgIpc) is 2.75. The van der Waals surface area contributed by atoms with Crippen molar-refractivity contribution < 1.29 is 4.74 Å². The second kappa shape index (κ2) is 3.74. The molecule has 0 heterocycles. The summed E-state index contributed by atoms with van der Waals surface area (Å²) in [5.74, 6) is 1.74. The van der Waals surface area contributed by atoms with Gasteiger partial charge in [-0.25, -0.2) is 0 Å². The van der Waals surface area contributed by atoms with E-state index in [0.717, 1.165) is 24.7 Å². The molecule has 88 valence electrons. The summed E-state index contributed by atoms with van der Waals surface area (Å²) in [6.07, 6.45) is 7.67. The highest BCUT2D eigenvalue weighted by Gasteiger charge is 2.48. The van der Waals surface area contributed by atoms with Crippen molar-refractivity contribution in [2.45, 2.75) is 63.5 Å². The van der Waals surface area contributed by atoms with Crippen LogP contribution in [0.2, 0.25) is 0 Å². The van der Waals surface area contributed by atoms with Gasteiger partial charge in [-0.15, -0.1) is 0 Å². The van der Waals surface area contributed by atoms with Crippen molar-refractivity contribution in [2.75, 3.05) is 7.11 Å². The molecular formula is C13H25NO. The van der Waals surface area contributed by atoms with Crippen LogP contribution in [-0.2, 0) is 4.74 Å². The van der Waals surface area contributed by atoms with Crippen molar-refractivity contribution >= 4 is 0 Å². The summed E-state index contributed by atoms with van der Waals surface area (Å²) < 4.78 is 5.47. The summed E-state index contributed by atoms with van der Waals surface area (Å²) in [7, 11) is 1.80. The molecule has 2 rings (SSSR count). The topological polar surface area (TPSA) is 35.2 Å². The number of ether oxygens (including phenoxy) is 1. The largest absolute Gasteiger partial charge is 0.379 e. The quantitative estimate of drug-likeness (QED) is 0.776. The van der Waals surface area contributed by atoms with Gasteiger partial charge < -0.3 is 10.5 Å². The van der Waals surface area contributed by atoms with Crippen LogP contribution in [0.4, 0.5) is 0 Å². The van der Waals surface area contributed by atoms with E-state index in [4.69, 9.17) is 10.5 Å². The van der Waals surface area contributed by atoms with E-state index in [2.05, 4.69) is 13.8 Å². The van der Waals surface area contributed by atoms with Crippen molar-refractivity contribution in [2.24, 2.45) is 17.6 Å². The van der Waals surface area contributed by atoms with E-state index in [0.29, 0.717) is 0 Å². The van der Waals surface area contributed by atoms with Gasteiger partial charge in [0.05, 0.1) is 5.60 Å². The van der Waals surface area contributed by atoms with Crippen LogP contribution >= 0.6 is 0 Å². The Balaban J connectivity index is 1.89. The molecule has 2 heteroatoms. The highest BCUT2D eigenvalue weighted by atomic mass is 16.5. The molecule has 0 spiro atoms. The van der Waals surface area contributed by atoms with E-state index in [9.17, 15) is 0 Å². The van der Waals surface area contributed by atoms with Gasteiger partial charge in [0.1, 0.15) is 0 Å². The maximum absolute atomic E-state index is 6.55. The van der Waals surface area contributed by atoms with Crippen molar-refractivity contribution in [1.29, 1.82) is 0 Å². The Morgan fingerprint density at radius 2 is 2.13 bits per heavy atom. The van der Waals surface area contributed by atoms with Crippen LogP contribution in [0.5, 0.6) is 0 Å². The van der Waals surface area contributed by atoms with Crippen LogP contribution < -0.4 is 5.73 Å². The molecule has 3 atom stereocenters. The van der Waals surface area contributed by atoms with Crippen LogP contribution in [0.25, 0.3) is 0 Å². The minimum Gasteiger partial charge on any atom is -0.379 e. The SMILES string of the molecule is COC(C)(C)CCC1(N)CC2CCC1C2. The van der Waals surface area contributed by atoms with Gasteiger partial charge in [0, 0.05) is 12.6 Å². The summed E-state index contributed by atoms with van der Waals surface area (Å²) >= 11 is 0. The first-order valence-corrected chi connectivity index (χ1v) is 6.29. The van der Waals surface area contributed by atoms with E-state index >= 15 is 0 Å². The fourth-order valence-corrected chi connectivity index (χ4v) is 3.43. The molecule has 2 aliphatic rings. The van der Waals surface area contributed by atoms with E-state index < -0.39 is 0 Å². The Kier molecular flexibility index (Phi) is 2.85. The van der Waals surface area contributed by atoms with Gasteiger partial charge in [-0.3, -0.25) is 0 Å². The highest BCUT2D eigenvalue weighted by Crippen LogP contribution is 2.51. The molecule has 2 saturated carbocycles. The smallest absolute Gasteiger partial charge is 0.0623 e. The summed E-state index contributed by atoms with van der Waals surface area (Å²) in [6.45, 7) is 4.31. The third kappa shape index (κ3) is 2.21. The van der Waals surface area contributed by atoms with Crippen LogP contribution in [0.15, 0.2) is 0 Å². The monoisotopic (exact) mass is 211 g/mol. The lowest BCUT2D eigenvalue weighted by Gasteiger charge is -2.36. The molecule has 0 amide bonds. The number of hydrogen-bond donors (Lipinski definition) is 1. The van der Waals surface area contributed by atoms with Gasteiger partial charge in [-0.05, 0) is 57.8 Å². The van der Waals surface area contributed by atoms with E-state index in [1.807, 2.05) is 0 Å². The number of methoxy groups -OCH3 is 1. The summed E-state index contributed by atoms with van der Waals surface area (Å²) in [4.78, 5) is 0. The van der Waals surface area contributed by atoms with Gasteiger partial charge in [0.2, 0.25) is 0 Å². The molecule has 0 aliphatic heterocycles. The van der Waals surface area contributed by atoms with Crippen LogP contribution in [0, 0.1) is 11.8 Å². The molecule has 2 bridgehead atoms. The molecule has 2 N–H and O–H groups in total. The lowest BCUT2D eigenvalue weighted by molar-refractivity contribution is 0.00609. The number of fused-ring (bicyclic) bond motifs is 2. The van der Waals surface area contributed by atoms with Gasteiger partial charge in [-0.1, -0.05) is 6.42 Å². The molecule has 0 aromatic heterocycles. The number of hydrogen-bond acceptors (Lipinski definition) is 2. The fraction of sp³-hybridized carbons (Fsp3) is 1.00. The molecule has 0 radical (unpaired) electrons. The zero-order valence-corrected chi connectivity index (χ0v) is 10.4. The third-order valence-corrected chi connectivity index (χ3v) is 4.77. The second-order valence-electron chi connectivity index (χ2n) is 6.28. The molecule has 15 heavy (non-hydrogen) atoms. The van der Waals surface area contributed by atoms with Crippen molar-refractivity contribution in [3.8, 4) is 0 Å². The van der Waals surface area contributed by atoms with Gasteiger partial charge in [-0.2, -0.15) is 0 Å². The maximum atomic E-state index is 6.55. The van der Waals surface area contributed by atoms with Crippen LogP contribution in [0.1, 0.15) is 52.4 Å². The van der Waals surface area contributed by atoms with E-state index in [-0.39, 0.29) is 11.1 Å². The van der Waals surface area contributed by atoms with Crippen molar-refractivity contribution in [3.05, 3.63) is 0 Å². The lowest BCUT2D eigenvalue weighted by Crippen LogP contribution is -2.46. The first-order valence-electron chi connectivity index (χ1n) is 6.29. The predicted octanol–water partition coefficient (Wildman–Crippen LogP) is 2.71. The molecule has 0 aromatic rings. The minimum atomic E-state index is -0.00575. The Morgan fingerprint density at radius 3 is 2.60 bits per heavy atom. The fourth-order valence-electron chi connectivity index (χ4n) is 3.43. The molecule has 2 aliphatic carbocycles. The van der Waals surface area contributed by atoms with Crippen molar-refractivity contribution in [1.82, 2.24) is 0 Å². The first-order chi connectivity index (χ1) is 6.95. The second-order valence-corrected chi connectivity index (χ2v) is 6.28. The molecule has 0 aromatic carbocycles. The number of nitrogens with two attached hydrogens (primary N) is 1.